The summed E-state index contributed by atoms with van der Waals surface area (Å²) in [7, 11) is 0. The molecule has 4 nitrogen and oxygen atoms in total. The van der Waals surface area contributed by atoms with Crippen molar-refractivity contribution in [3.8, 4) is 11.5 Å². The van der Waals surface area contributed by atoms with Gasteiger partial charge < -0.3 is 14.4 Å². The Labute approximate surface area is 124 Å². The normalized spacial score (nSPS) is 20.5. The van der Waals surface area contributed by atoms with Gasteiger partial charge in [-0.1, -0.05) is 17.2 Å². The lowest BCUT2D eigenvalue weighted by atomic mass is 10.0. The summed E-state index contributed by atoms with van der Waals surface area (Å²) in [6, 6.07) is 5.56. The molecule has 0 spiro atoms. The van der Waals surface area contributed by atoms with Gasteiger partial charge in [0.25, 0.3) is 5.91 Å². The van der Waals surface area contributed by atoms with E-state index in [-0.39, 0.29) is 5.91 Å². The van der Waals surface area contributed by atoms with Crippen LogP contribution >= 0.6 is 0 Å². The monoisotopic (exact) mass is 285 g/mol. The van der Waals surface area contributed by atoms with Gasteiger partial charge >= 0.3 is 0 Å². The Balaban J connectivity index is 1.54. The van der Waals surface area contributed by atoms with Crippen LogP contribution in [0.15, 0.2) is 29.3 Å². The molecule has 4 heteroatoms. The van der Waals surface area contributed by atoms with Gasteiger partial charge in [0.15, 0.2) is 11.5 Å². The topological polar surface area (TPSA) is 38.8 Å². The molecule has 1 aliphatic carbocycles. The van der Waals surface area contributed by atoms with Gasteiger partial charge in [0.1, 0.15) is 13.2 Å². The summed E-state index contributed by atoms with van der Waals surface area (Å²) in [5, 5.41) is 0. The molecule has 1 saturated heterocycles. The minimum absolute atomic E-state index is 0.0668. The van der Waals surface area contributed by atoms with Gasteiger partial charge in [0.05, 0.1) is 5.56 Å². The van der Waals surface area contributed by atoms with Crippen molar-refractivity contribution in [2.75, 3.05) is 26.3 Å². The summed E-state index contributed by atoms with van der Waals surface area (Å²) < 4.78 is 11.2. The molecule has 2 heterocycles. The van der Waals surface area contributed by atoms with E-state index in [9.17, 15) is 4.79 Å². The van der Waals surface area contributed by atoms with E-state index in [1.165, 1.54) is 12.8 Å². The second kappa shape index (κ2) is 5.10. The van der Waals surface area contributed by atoms with Crippen molar-refractivity contribution in [3.05, 3.63) is 34.9 Å². The van der Waals surface area contributed by atoms with Crippen LogP contribution in [0.1, 0.15) is 36.0 Å². The molecular weight excluding hydrogens is 266 g/mol. The average molecular weight is 285 g/mol. The molecule has 0 N–H and O–H groups in total. The number of hydrogen-bond acceptors (Lipinski definition) is 3. The molecule has 110 valence electrons. The molecule has 1 aromatic carbocycles. The van der Waals surface area contributed by atoms with Crippen molar-refractivity contribution in [1.82, 2.24) is 4.90 Å². The Morgan fingerprint density at radius 3 is 2.43 bits per heavy atom. The molecular formula is C17H19NO3. The summed E-state index contributed by atoms with van der Waals surface area (Å²) in [5.74, 6) is 1.36. The van der Waals surface area contributed by atoms with Crippen LogP contribution in [-0.2, 0) is 0 Å². The Bertz CT molecular complexity index is 604. The molecule has 0 atom stereocenters. The van der Waals surface area contributed by atoms with E-state index in [1.54, 1.807) is 11.1 Å². The summed E-state index contributed by atoms with van der Waals surface area (Å²) >= 11 is 0. The Morgan fingerprint density at radius 1 is 0.952 bits per heavy atom. The fraction of sp³-hybridized carbons (Fsp3) is 0.471. The molecule has 0 radical (unpaired) electrons. The smallest absolute Gasteiger partial charge is 0.257 e. The maximum atomic E-state index is 12.7. The average Bonchev–Trinajstić information content (AvgIpc) is 3.39. The molecule has 21 heavy (non-hydrogen) atoms. The third-order valence-electron chi connectivity index (χ3n) is 4.45. The maximum Gasteiger partial charge on any atom is 0.257 e. The molecule has 2 aliphatic heterocycles. The van der Waals surface area contributed by atoms with E-state index in [0.717, 1.165) is 25.9 Å². The molecule has 0 aromatic heterocycles. The van der Waals surface area contributed by atoms with Crippen molar-refractivity contribution >= 4 is 5.91 Å². The van der Waals surface area contributed by atoms with Crippen molar-refractivity contribution in [2.45, 2.75) is 25.7 Å². The summed E-state index contributed by atoms with van der Waals surface area (Å²) in [6.07, 6.45) is 4.63. The molecule has 0 unspecified atom stereocenters. The molecule has 3 aliphatic rings. The summed E-state index contributed by atoms with van der Waals surface area (Å²) in [6.45, 7) is 2.70. The number of fused-ring (bicyclic) bond motifs is 1. The van der Waals surface area contributed by atoms with Crippen LogP contribution in [0.3, 0.4) is 0 Å². The van der Waals surface area contributed by atoms with Crippen LogP contribution in [0.4, 0.5) is 0 Å². The highest BCUT2D eigenvalue weighted by Crippen LogP contribution is 2.37. The Kier molecular flexibility index (Phi) is 3.09. The number of piperidine rings is 1. The largest absolute Gasteiger partial charge is 0.486 e. The van der Waals surface area contributed by atoms with Crippen LogP contribution in [0, 0.1) is 0 Å². The van der Waals surface area contributed by atoms with Crippen LogP contribution in [0.5, 0.6) is 11.5 Å². The van der Waals surface area contributed by atoms with Crippen molar-refractivity contribution in [2.24, 2.45) is 0 Å². The molecule has 1 saturated carbocycles. The van der Waals surface area contributed by atoms with E-state index in [1.807, 2.05) is 23.1 Å². The van der Waals surface area contributed by atoms with Gasteiger partial charge in [0.2, 0.25) is 0 Å². The van der Waals surface area contributed by atoms with Crippen LogP contribution in [0.2, 0.25) is 0 Å². The lowest BCUT2D eigenvalue weighted by Crippen LogP contribution is -2.36. The first-order valence-corrected chi connectivity index (χ1v) is 7.70. The van der Waals surface area contributed by atoms with E-state index in [4.69, 9.17) is 9.47 Å². The van der Waals surface area contributed by atoms with Crippen molar-refractivity contribution in [3.63, 3.8) is 0 Å². The zero-order valence-corrected chi connectivity index (χ0v) is 12.1. The highest BCUT2D eigenvalue weighted by molar-refractivity contribution is 5.98. The number of para-hydroxylation sites is 1. The quantitative estimate of drug-likeness (QED) is 0.745. The van der Waals surface area contributed by atoms with Gasteiger partial charge in [-0.2, -0.15) is 0 Å². The summed E-state index contributed by atoms with van der Waals surface area (Å²) in [4.78, 5) is 14.7. The molecule has 0 bridgehead atoms. The van der Waals surface area contributed by atoms with Gasteiger partial charge in [-0.25, -0.2) is 0 Å². The van der Waals surface area contributed by atoms with E-state index < -0.39 is 0 Å². The lowest BCUT2D eigenvalue weighted by Gasteiger charge is -2.30. The minimum atomic E-state index is 0.0668. The highest BCUT2D eigenvalue weighted by atomic mass is 16.6. The van der Waals surface area contributed by atoms with Crippen LogP contribution in [0.25, 0.3) is 0 Å². The van der Waals surface area contributed by atoms with Gasteiger partial charge in [-0.3, -0.25) is 4.79 Å². The molecule has 1 aromatic rings. The zero-order valence-electron chi connectivity index (χ0n) is 12.1. The van der Waals surface area contributed by atoms with E-state index >= 15 is 0 Å². The Morgan fingerprint density at radius 2 is 1.67 bits per heavy atom. The number of amides is 1. The SMILES string of the molecule is O=C(c1cccc2c1OCCO2)N1CCC(=C2CC2)CC1. The first-order valence-electron chi connectivity index (χ1n) is 7.70. The van der Waals surface area contributed by atoms with Crippen molar-refractivity contribution in [1.29, 1.82) is 0 Å². The molecule has 4 rings (SSSR count). The second-order valence-electron chi connectivity index (χ2n) is 5.83. The standard InChI is InChI=1S/C17H19NO3/c19-17(18-8-6-13(7-9-18)12-4-5-12)14-2-1-3-15-16(14)21-11-10-20-15/h1-3H,4-11H2. The minimum Gasteiger partial charge on any atom is -0.486 e. The number of allylic oxidation sites excluding steroid dienone is 1. The predicted octanol–water partition coefficient (Wildman–Crippen LogP) is 2.78. The number of ether oxygens (including phenoxy) is 2. The number of carbonyl (C=O) groups excluding carboxylic acids is 1. The third kappa shape index (κ3) is 2.39. The fourth-order valence-corrected chi connectivity index (χ4v) is 3.16. The highest BCUT2D eigenvalue weighted by Gasteiger charge is 2.28. The number of rotatable bonds is 1. The first-order chi connectivity index (χ1) is 10.3. The van der Waals surface area contributed by atoms with E-state index in [2.05, 4.69) is 0 Å². The van der Waals surface area contributed by atoms with Gasteiger partial charge in [-0.05, 0) is 37.8 Å². The van der Waals surface area contributed by atoms with Crippen molar-refractivity contribution < 1.29 is 14.3 Å². The molecule has 1 amide bonds. The zero-order chi connectivity index (χ0) is 14.2. The molecule has 2 fully saturated rings. The predicted molar refractivity (Wildman–Crippen MR) is 78.8 cm³/mol. The van der Waals surface area contributed by atoms with Gasteiger partial charge in [-0.15, -0.1) is 0 Å². The fourth-order valence-electron chi connectivity index (χ4n) is 3.16. The second-order valence-corrected chi connectivity index (χ2v) is 5.83. The number of likely N-dealkylation sites (tertiary alicyclic amines) is 1. The third-order valence-corrected chi connectivity index (χ3v) is 4.45. The number of benzene rings is 1. The Hall–Kier alpha value is -1.97. The number of carbonyl (C=O) groups is 1. The number of nitrogens with zero attached hydrogens (tertiary/aromatic N) is 1. The first kappa shape index (κ1) is 12.7. The number of hydrogen-bond donors (Lipinski definition) is 0. The lowest BCUT2D eigenvalue weighted by molar-refractivity contribution is 0.0733. The van der Waals surface area contributed by atoms with E-state index in [0.29, 0.717) is 30.3 Å². The van der Waals surface area contributed by atoms with Crippen LogP contribution < -0.4 is 9.47 Å². The summed E-state index contributed by atoms with van der Waals surface area (Å²) in [5.41, 5.74) is 3.86. The van der Waals surface area contributed by atoms with Gasteiger partial charge in [0, 0.05) is 13.1 Å². The maximum absolute atomic E-state index is 12.7. The van der Waals surface area contributed by atoms with Crippen LogP contribution in [-0.4, -0.2) is 37.1 Å².